The number of fused-ring (bicyclic) bond motifs is 4. The van der Waals surface area contributed by atoms with Crippen molar-refractivity contribution in [2.75, 3.05) is 0 Å². The monoisotopic (exact) mass is 269 g/mol. The fourth-order valence-electron chi connectivity index (χ4n) is 2.36. The number of aromatic amines is 1. The number of nitrogens with one attached hydrogen (secondary N) is 1. The average molecular weight is 270 g/mol. The van der Waals surface area contributed by atoms with Crippen molar-refractivity contribution in [1.82, 2.24) is 14.4 Å². The molecule has 0 saturated heterocycles. The fraction of sp³-hybridized carbons (Fsp3) is 0. The van der Waals surface area contributed by atoms with Gasteiger partial charge in [-0.15, -0.1) is 0 Å². The summed E-state index contributed by atoms with van der Waals surface area (Å²) in [6.07, 6.45) is 0. The highest BCUT2D eigenvalue weighted by Crippen LogP contribution is 2.18. The van der Waals surface area contributed by atoms with Crippen LogP contribution in [0.15, 0.2) is 47.3 Å². The van der Waals surface area contributed by atoms with E-state index in [1.54, 1.807) is 22.6 Å². The minimum absolute atomic E-state index is 0.111. The van der Waals surface area contributed by atoms with Gasteiger partial charge in [0, 0.05) is 5.02 Å². The van der Waals surface area contributed by atoms with Crippen LogP contribution in [0.4, 0.5) is 0 Å². The Labute approximate surface area is 112 Å². The van der Waals surface area contributed by atoms with Crippen molar-refractivity contribution in [1.29, 1.82) is 0 Å². The maximum atomic E-state index is 12.6. The van der Waals surface area contributed by atoms with Gasteiger partial charge in [-0.3, -0.25) is 4.79 Å². The van der Waals surface area contributed by atoms with Crippen molar-refractivity contribution < 1.29 is 0 Å². The Kier molecular flexibility index (Phi) is 2.00. The number of H-pyrrole nitrogens is 1. The zero-order valence-corrected chi connectivity index (χ0v) is 10.5. The Balaban J connectivity index is 2.34. The predicted octanol–water partition coefficient (Wildman–Crippen LogP) is 2.98. The second-order valence-electron chi connectivity index (χ2n) is 4.38. The smallest absolute Gasteiger partial charge is 0.267 e. The summed E-state index contributed by atoms with van der Waals surface area (Å²) in [6, 6.07) is 12.8. The van der Waals surface area contributed by atoms with Gasteiger partial charge in [0.15, 0.2) is 0 Å². The largest absolute Gasteiger partial charge is 0.323 e. The second kappa shape index (κ2) is 3.59. The lowest BCUT2D eigenvalue weighted by atomic mass is 10.2. The van der Waals surface area contributed by atoms with Crippen molar-refractivity contribution in [3.8, 4) is 0 Å². The van der Waals surface area contributed by atoms with Crippen LogP contribution in [0.5, 0.6) is 0 Å². The van der Waals surface area contributed by atoms with Gasteiger partial charge in [-0.25, -0.2) is 9.38 Å². The van der Waals surface area contributed by atoms with Crippen LogP contribution in [0.25, 0.3) is 27.7 Å². The molecule has 5 heteroatoms. The summed E-state index contributed by atoms with van der Waals surface area (Å²) < 4.78 is 1.58. The van der Waals surface area contributed by atoms with Crippen molar-refractivity contribution in [2.24, 2.45) is 0 Å². The molecule has 0 spiro atoms. The van der Waals surface area contributed by atoms with Gasteiger partial charge in [-0.2, -0.15) is 0 Å². The topological polar surface area (TPSA) is 50.2 Å². The first-order chi connectivity index (χ1) is 9.24. The number of aromatic nitrogens is 3. The predicted molar refractivity (Wildman–Crippen MR) is 75.8 cm³/mol. The molecule has 0 fully saturated rings. The van der Waals surface area contributed by atoms with E-state index in [0.29, 0.717) is 21.7 Å². The SMILES string of the molecule is O=c1c2cc(Cl)ccc2nc2[nH]c3ccccc3n12. The van der Waals surface area contributed by atoms with Crippen LogP contribution in [0, 0.1) is 0 Å². The van der Waals surface area contributed by atoms with E-state index in [9.17, 15) is 4.79 Å². The summed E-state index contributed by atoms with van der Waals surface area (Å²) >= 11 is 5.95. The Morgan fingerprint density at radius 3 is 2.89 bits per heavy atom. The number of hydrogen-bond donors (Lipinski definition) is 1. The number of halogens is 1. The van der Waals surface area contributed by atoms with E-state index in [1.165, 1.54) is 0 Å². The number of hydrogen-bond acceptors (Lipinski definition) is 2. The molecule has 0 unspecified atom stereocenters. The van der Waals surface area contributed by atoms with E-state index in [1.807, 2.05) is 24.3 Å². The molecule has 0 amide bonds. The zero-order valence-electron chi connectivity index (χ0n) is 9.72. The van der Waals surface area contributed by atoms with Crippen molar-refractivity contribution in [3.05, 3.63) is 57.8 Å². The summed E-state index contributed by atoms with van der Waals surface area (Å²) in [5.74, 6) is 0.543. The molecule has 0 saturated carbocycles. The third-order valence-electron chi connectivity index (χ3n) is 3.22. The fourth-order valence-corrected chi connectivity index (χ4v) is 2.53. The van der Waals surface area contributed by atoms with E-state index in [4.69, 9.17) is 11.6 Å². The third kappa shape index (κ3) is 1.40. The molecule has 2 heterocycles. The molecule has 0 aliphatic carbocycles. The molecule has 4 aromatic rings. The van der Waals surface area contributed by atoms with Crippen molar-refractivity contribution >= 4 is 39.3 Å². The molecule has 0 atom stereocenters. The number of imidazole rings is 1. The van der Waals surface area contributed by atoms with Crippen LogP contribution in [0.2, 0.25) is 5.02 Å². The molecule has 2 aromatic carbocycles. The molecule has 19 heavy (non-hydrogen) atoms. The van der Waals surface area contributed by atoms with Gasteiger partial charge in [-0.05, 0) is 30.3 Å². The summed E-state index contributed by atoms with van der Waals surface area (Å²) in [5.41, 5.74) is 2.23. The van der Waals surface area contributed by atoms with Gasteiger partial charge in [-0.1, -0.05) is 23.7 Å². The van der Waals surface area contributed by atoms with Gasteiger partial charge in [0.1, 0.15) is 0 Å². The Morgan fingerprint density at radius 1 is 1.16 bits per heavy atom. The summed E-state index contributed by atoms with van der Waals surface area (Å²) in [7, 11) is 0. The van der Waals surface area contributed by atoms with E-state index >= 15 is 0 Å². The van der Waals surface area contributed by atoms with Crippen molar-refractivity contribution in [2.45, 2.75) is 0 Å². The Bertz CT molecular complexity index is 1000. The lowest BCUT2D eigenvalue weighted by molar-refractivity contribution is 1.12. The van der Waals surface area contributed by atoms with Crippen molar-refractivity contribution in [3.63, 3.8) is 0 Å². The van der Waals surface area contributed by atoms with Gasteiger partial charge in [0.05, 0.1) is 21.9 Å². The summed E-state index contributed by atoms with van der Waals surface area (Å²) in [6.45, 7) is 0. The Hall–Kier alpha value is -2.33. The maximum absolute atomic E-state index is 12.6. The van der Waals surface area contributed by atoms with E-state index in [2.05, 4.69) is 9.97 Å². The van der Waals surface area contributed by atoms with E-state index in [-0.39, 0.29) is 5.56 Å². The normalized spacial score (nSPS) is 11.6. The summed E-state index contributed by atoms with van der Waals surface area (Å²) in [4.78, 5) is 20.2. The number of para-hydroxylation sites is 2. The molecular weight excluding hydrogens is 262 g/mol. The lowest BCUT2D eigenvalue weighted by Crippen LogP contribution is -2.13. The first-order valence-corrected chi connectivity index (χ1v) is 6.20. The molecule has 4 nitrogen and oxygen atoms in total. The zero-order chi connectivity index (χ0) is 13.0. The number of rotatable bonds is 0. The molecule has 0 bridgehead atoms. The molecule has 0 radical (unpaired) electrons. The Morgan fingerprint density at radius 2 is 2.00 bits per heavy atom. The van der Waals surface area contributed by atoms with Gasteiger partial charge in [0.25, 0.3) is 5.56 Å². The van der Waals surface area contributed by atoms with Gasteiger partial charge in [0.2, 0.25) is 5.78 Å². The van der Waals surface area contributed by atoms with Crippen LogP contribution in [0.1, 0.15) is 0 Å². The quantitative estimate of drug-likeness (QED) is 0.533. The van der Waals surface area contributed by atoms with E-state index < -0.39 is 0 Å². The third-order valence-corrected chi connectivity index (χ3v) is 3.46. The van der Waals surface area contributed by atoms with E-state index in [0.717, 1.165) is 11.0 Å². The standard InChI is InChI=1S/C14H8ClN3O/c15-8-5-6-10-9(7-8)13(19)18-12-4-2-1-3-11(12)17-14(18)16-10/h1-7H,(H,16,17). The minimum atomic E-state index is -0.111. The average Bonchev–Trinajstić information content (AvgIpc) is 2.78. The summed E-state index contributed by atoms with van der Waals surface area (Å²) in [5, 5.41) is 1.06. The molecule has 4 rings (SSSR count). The number of benzene rings is 2. The highest BCUT2D eigenvalue weighted by Gasteiger charge is 2.10. The van der Waals surface area contributed by atoms with Crippen LogP contribution in [0.3, 0.4) is 0 Å². The molecule has 92 valence electrons. The minimum Gasteiger partial charge on any atom is -0.323 e. The first kappa shape index (κ1) is 10.6. The van der Waals surface area contributed by atoms with Gasteiger partial charge >= 0.3 is 0 Å². The van der Waals surface area contributed by atoms with Crippen LogP contribution in [-0.2, 0) is 0 Å². The van der Waals surface area contributed by atoms with Crippen LogP contribution in [-0.4, -0.2) is 14.4 Å². The molecule has 1 N–H and O–H groups in total. The van der Waals surface area contributed by atoms with Crippen LogP contribution >= 0.6 is 11.6 Å². The van der Waals surface area contributed by atoms with Gasteiger partial charge < -0.3 is 4.98 Å². The second-order valence-corrected chi connectivity index (χ2v) is 4.82. The highest BCUT2D eigenvalue weighted by molar-refractivity contribution is 6.31. The number of nitrogens with zero attached hydrogens (tertiary/aromatic N) is 2. The molecular formula is C14H8ClN3O. The first-order valence-electron chi connectivity index (χ1n) is 5.83. The lowest BCUT2D eigenvalue weighted by Gasteiger charge is -1.99. The molecule has 2 aromatic heterocycles. The highest BCUT2D eigenvalue weighted by atomic mass is 35.5. The maximum Gasteiger partial charge on any atom is 0.267 e. The molecule has 0 aliphatic heterocycles. The van der Waals surface area contributed by atoms with Crippen LogP contribution < -0.4 is 5.56 Å². The molecule has 0 aliphatic rings.